The van der Waals surface area contributed by atoms with E-state index in [0.717, 1.165) is 36.0 Å². The highest BCUT2D eigenvalue weighted by Crippen LogP contribution is 2.16. The molecule has 0 aromatic heterocycles. The van der Waals surface area contributed by atoms with Crippen LogP contribution in [0, 0.1) is 0 Å². The molecule has 0 amide bonds. The van der Waals surface area contributed by atoms with Crippen LogP contribution in [0.2, 0.25) is 0 Å². The lowest BCUT2D eigenvalue weighted by molar-refractivity contribution is 0.321. The zero-order valence-electron chi connectivity index (χ0n) is 15.4. The number of phenols is 1. The fourth-order valence-corrected chi connectivity index (χ4v) is 2.36. The number of aliphatic imine (C=N–C) groups is 1. The van der Waals surface area contributed by atoms with E-state index in [2.05, 4.69) is 15.6 Å². The average molecular weight is 357 g/mol. The number of methoxy groups -OCH3 is 1. The van der Waals surface area contributed by atoms with Gasteiger partial charge in [-0.3, -0.25) is 4.99 Å². The smallest absolute Gasteiger partial charge is 0.191 e. The van der Waals surface area contributed by atoms with E-state index >= 15 is 0 Å². The Hall–Kier alpha value is -2.89. The van der Waals surface area contributed by atoms with Gasteiger partial charge in [-0.25, -0.2) is 0 Å². The molecule has 0 heterocycles. The molecule has 0 unspecified atom stereocenters. The standard InChI is InChI=1S/C20H27N3O3/c1-3-21-20(22-12-11-16-5-4-6-17(24)15-16)23-13-14-26-19-9-7-18(25-2)8-10-19/h4-10,15,24H,3,11-14H2,1-2H3,(H2,21,22,23). The molecule has 0 aliphatic carbocycles. The van der Waals surface area contributed by atoms with Gasteiger partial charge in [0.1, 0.15) is 23.9 Å². The Morgan fingerprint density at radius 2 is 1.85 bits per heavy atom. The van der Waals surface area contributed by atoms with Crippen molar-refractivity contribution in [2.24, 2.45) is 4.99 Å². The quantitative estimate of drug-likeness (QED) is 0.365. The maximum atomic E-state index is 9.49. The summed E-state index contributed by atoms with van der Waals surface area (Å²) in [5, 5.41) is 16.0. The molecule has 26 heavy (non-hydrogen) atoms. The molecule has 6 nitrogen and oxygen atoms in total. The van der Waals surface area contributed by atoms with Gasteiger partial charge in [0.25, 0.3) is 0 Å². The van der Waals surface area contributed by atoms with Crippen LogP contribution in [-0.4, -0.2) is 44.4 Å². The summed E-state index contributed by atoms with van der Waals surface area (Å²) in [6, 6.07) is 14.8. The van der Waals surface area contributed by atoms with Crippen molar-refractivity contribution in [1.29, 1.82) is 0 Å². The molecule has 2 aromatic rings. The molecule has 0 aliphatic rings. The molecular weight excluding hydrogens is 330 g/mol. The van der Waals surface area contributed by atoms with E-state index in [-0.39, 0.29) is 5.75 Å². The van der Waals surface area contributed by atoms with Crippen LogP contribution >= 0.6 is 0 Å². The lowest BCUT2D eigenvalue weighted by Crippen LogP contribution is -2.39. The molecular formula is C20H27N3O3. The Morgan fingerprint density at radius 3 is 2.54 bits per heavy atom. The minimum absolute atomic E-state index is 0.284. The van der Waals surface area contributed by atoms with Crippen LogP contribution in [0.5, 0.6) is 17.2 Å². The summed E-state index contributed by atoms with van der Waals surface area (Å²) in [6.07, 6.45) is 0.771. The van der Waals surface area contributed by atoms with Crippen molar-refractivity contribution in [2.75, 3.05) is 33.4 Å². The summed E-state index contributed by atoms with van der Waals surface area (Å²) in [7, 11) is 1.64. The van der Waals surface area contributed by atoms with Gasteiger partial charge in [-0.2, -0.15) is 0 Å². The molecule has 3 N–H and O–H groups in total. The van der Waals surface area contributed by atoms with Gasteiger partial charge in [-0.1, -0.05) is 12.1 Å². The highest BCUT2D eigenvalue weighted by atomic mass is 16.5. The van der Waals surface area contributed by atoms with Crippen LogP contribution in [0.1, 0.15) is 12.5 Å². The van der Waals surface area contributed by atoms with E-state index in [1.807, 2.05) is 43.3 Å². The number of ether oxygens (including phenoxy) is 2. The maximum absolute atomic E-state index is 9.49. The molecule has 2 aromatic carbocycles. The molecule has 0 spiro atoms. The first kappa shape index (κ1) is 19.4. The number of hydrogen-bond donors (Lipinski definition) is 3. The molecule has 0 fully saturated rings. The molecule has 0 atom stereocenters. The van der Waals surface area contributed by atoms with E-state index in [9.17, 15) is 5.11 Å². The van der Waals surface area contributed by atoms with E-state index in [1.165, 1.54) is 0 Å². The van der Waals surface area contributed by atoms with Crippen molar-refractivity contribution in [3.8, 4) is 17.2 Å². The molecule has 0 radical (unpaired) electrons. The van der Waals surface area contributed by atoms with Gasteiger partial charge in [-0.05, 0) is 55.3 Å². The van der Waals surface area contributed by atoms with Gasteiger partial charge >= 0.3 is 0 Å². The Balaban J connectivity index is 1.74. The number of aromatic hydroxyl groups is 1. The largest absolute Gasteiger partial charge is 0.508 e. The van der Waals surface area contributed by atoms with Gasteiger partial charge in [0, 0.05) is 13.1 Å². The predicted molar refractivity (Wildman–Crippen MR) is 104 cm³/mol. The van der Waals surface area contributed by atoms with Crippen molar-refractivity contribution < 1.29 is 14.6 Å². The number of benzene rings is 2. The van der Waals surface area contributed by atoms with Crippen molar-refractivity contribution in [3.63, 3.8) is 0 Å². The molecule has 0 aliphatic heterocycles. The van der Waals surface area contributed by atoms with Crippen molar-refractivity contribution in [3.05, 3.63) is 54.1 Å². The summed E-state index contributed by atoms with van der Waals surface area (Å²) in [5.74, 6) is 2.65. The first-order chi connectivity index (χ1) is 12.7. The van der Waals surface area contributed by atoms with Gasteiger partial charge in [0.15, 0.2) is 5.96 Å². The summed E-state index contributed by atoms with van der Waals surface area (Å²) >= 11 is 0. The number of nitrogens with one attached hydrogen (secondary N) is 2. The minimum Gasteiger partial charge on any atom is -0.508 e. The van der Waals surface area contributed by atoms with E-state index in [0.29, 0.717) is 19.7 Å². The van der Waals surface area contributed by atoms with Crippen LogP contribution in [-0.2, 0) is 6.42 Å². The third-order valence-electron chi connectivity index (χ3n) is 3.65. The van der Waals surface area contributed by atoms with E-state index in [1.54, 1.807) is 19.2 Å². The molecule has 2 rings (SSSR count). The summed E-state index contributed by atoms with van der Waals surface area (Å²) < 4.78 is 10.8. The van der Waals surface area contributed by atoms with E-state index < -0.39 is 0 Å². The SMILES string of the molecule is CCNC(=NCCc1cccc(O)c1)NCCOc1ccc(OC)cc1. The predicted octanol–water partition coefficient (Wildman–Crippen LogP) is 2.58. The van der Waals surface area contributed by atoms with Gasteiger partial charge in [0.2, 0.25) is 0 Å². The summed E-state index contributed by atoms with van der Waals surface area (Å²) in [4.78, 5) is 4.55. The van der Waals surface area contributed by atoms with Gasteiger partial charge in [0.05, 0.1) is 13.7 Å². The fourth-order valence-electron chi connectivity index (χ4n) is 2.36. The molecule has 140 valence electrons. The fraction of sp³-hybridized carbons (Fsp3) is 0.350. The number of phenolic OH excluding ortho intramolecular Hbond substituents is 1. The topological polar surface area (TPSA) is 75.1 Å². The molecule has 0 bridgehead atoms. The second-order valence-electron chi connectivity index (χ2n) is 5.63. The maximum Gasteiger partial charge on any atom is 0.191 e. The lowest BCUT2D eigenvalue weighted by atomic mass is 10.1. The number of hydrogen-bond acceptors (Lipinski definition) is 4. The second kappa shape index (κ2) is 10.9. The Morgan fingerprint density at radius 1 is 1.08 bits per heavy atom. The van der Waals surface area contributed by atoms with Gasteiger partial charge < -0.3 is 25.2 Å². The van der Waals surface area contributed by atoms with Gasteiger partial charge in [-0.15, -0.1) is 0 Å². The lowest BCUT2D eigenvalue weighted by Gasteiger charge is -2.12. The molecule has 0 saturated heterocycles. The first-order valence-corrected chi connectivity index (χ1v) is 8.78. The van der Waals surface area contributed by atoms with Crippen LogP contribution in [0.25, 0.3) is 0 Å². The van der Waals surface area contributed by atoms with Crippen LogP contribution in [0.3, 0.4) is 0 Å². The second-order valence-corrected chi connectivity index (χ2v) is 5.63. The Kier molecular flexibility index (Phi) is 8.12. The highest BCUT2D eigenvalue weighted by molar-refractivity contribution is 5.79. The van der Waals surface area contributed by atoms with Crippen LogP contribution in [0.15, 0.2) is 53.5 Å². The van der Waals surface area contributed by atoms with Crippen molar-refractivity contribution >= 4 is 5.96 Å². The summed E-state index contributed by atoms with van der Waals surface area (Å²) in [5.41, 5.74) is 1.06. The highest BCUT2D eigenvalue weighted by Gasteiger charge is 1.99. The average Bonchev–Trinajstić information content (AvgIpc) is 2.65. The zero-order valence-corrected chi connectivity index (χ0v) is 15.4. The number of nitrogens with zero attached hydrogens (tertiary/aromatic N) is 1. The summed E-state index contributed by atoms with van der Waals surface area (Å²) in [6.45, 7) is 4.63. The molecule has 0 saturated carbocycles. The van der Waals surface area contributed by atoms with Crippen molar-refractivity contribution in [2.45, 2.75) is 13.3 Å². The third-order valence-corrected chi connectivity index (χ3v) is 3.65. The normalized spacial score (nSPS) is 11.1. The Labute approximate surface area is 154 Å². The Bertz CT molecular complexity index is 687. The third kappa shape index (κ3) is 6.93. The molecule has 6 heteroatoms. The number of guanidine groups is 1. The van der Waals surface area contributed by atoms with E-state index in [4.69, 9.17) is 9.47 Å². The minimum atomic E-state index is 0.284. The van der Waals surface area contributed by atoms with Crippen LogP contribution < -0.4 is 20.1 Å². The zero-order chi connectivity index (χ0) is 18.6. The first-order valence-electron chi connectivity index (χ1n) is 8.78. The monoisotopic (exact) mass is 357 g/mol. The number of rotatable bonds is 9. The van der Waals surface area contributed by atoms with Crippen LogP contribution in [0.4, 0.5) is 0 Å². The van der Waals surface area contributed by atoms with Crippen molar-refractivity contribution in [1.82, 2.24) is 10.6 Å².